The molecule has 7 rings (SSSR count). The minimum Gasteiger partial charge on any atom is -0.456 e. The maximum atomic E-state index is 6.25. The van der Waals surface area contributed by atoms with Crippen LogP contribution in [0.25, 0.3) is 55.3 Å². The molecular formula is C43H37NO. The Balaban J connectivity index is 1.36. The minimum atomic E-state index is 0.679. The first-order valence-electron chi connectivity index (χ1n) is 15.9. The van der Waals surface area contributed by atoms with Crippen molar-refractivity contribution in [3.05, 3.63) is 156 Å². The number of nitrogens with zero attached hydrogens (tertiary/aromatic N) is 1. The van der Waals surface area contributed by atoms with E-state index in [2.05, 4.69) is 142 Å². The van der Waals surface area contributed by atoms with E-state index in [4.69, 9.17) is 9.41 Å². The van der Waals surface area contributed by atoms with Gasteiger partial charge in [-0.2, -0.15) is 0 Å². The standard InChI is InChI=1S/C43H37NO/c1-4-13-32-24-25-35(37-21-12-23-41-43(37)38-19-8-9-22-40(38)45-41)27-39(32)42-29(2)14-10-20-36(42)34-18-11-17-33(26-34)30(3)44-28-31-15-6-5-7-16-31/h5-12,14-27H,4,13,28H2,1-3H3. The second-order valence-electron chi connectivity index (χ2n) is 11.9. The summed E-state index contributed by atoms with van der Waals surface area (Å²) in [6.45, 7) is 7.29. The first-order chi connectivity index (χ1) is 22.1. The Bertz CT molecular complexity index is 2170. The molecule has 0 saturated carbocycles. The van der Waals surface area contributed by atoms with Gasteiger partial charge in [-0.25, -0.2) is 0 Å². The molecule has 0 radical (unpaired) electrons. The van der Waals surface area contributed by atoms with E-state index in [1.165, 1.54) is 55.5 Å². The normalized spacial score (nSPS) is 11.8. The first-order valence-corrected chi connectivity index (χ1v) is 15.9. The van der Waals surface area contributed by atoms with E-state index in [1.54, 1.807) is 0 Å². The summed E-state index contributed by atoms with van der Waals surface area (Å²) >= 11 is 0. The number of aliphatic imine (C=N–C) groups is 1. The number of aryl methyl sites for hydroxylation is 2. The van der Waals surface area contributed by atoms with Gasteiger partial charge in [-0.05, 0) is 100 Å². The van der Waals surface area contributed by atoms with Gasteiger partial charge in [0.2, 0.25) is 0 Å². The zero-order valence-corrected chi connectivity index (χ0v) is 26.2. The molecule has 0 amide bonds. The van der Waals surface area contributed by atoms with Gasteiger partial charge in [0.25, 0.3) is 0 Å². The molecule has 0 spiro atoms. The minimum absolute atomic E-state index is 0.679. The van der Waals surface area contributed by atoms with Crippen LogP contribution in [0.4, 0.5) is 0 Å². The predicted molar refractivity (Wildman–Crippen MR) is 191 cm³/mol. The van der Waals surface area contributed by atoms with Crippen molar-refractivity contribution in [3.8, 4) is 33.4 Å². The number of furan rings is 1. The molecule has 7 aromatic rings. The molecular weight excluding hydrogens is 546 g/mol. The predicted octanol–water partition coefficient (Wildman–Crippen LogP) is 11.9. The number of fused-ring (bicyclic) bond motifs is 3. The van der Waals surface area contributed by atoms with E-state index in [0.29, 0.717) is 6.54 Å². The highest BCUT2D eigenvalue weighted by molar-refractivity contribution is 6.12. The second kappa shape index (κ2) is 12.4. The molecule has 0 fully saturated rings. The molecule has 0 aliphatic rings. The second-order valence-corrected chi connectivity index (χ2v) is 11.9. The van der Waals surface area contributed by atoms with Gasteiger partial charge in [0.15, 0.2) is 0 Å². The maximum absolute atomic E-state index is 6.25. The van der Waals surface area contributed by atoms with Crippen molar-refractivity contribution in [1.29, 1.82) is 0 Å². The third-order valence-electron chi connectivity index (χ3n) is 8.82. The first kappa shape index (κ1) is 28.6. The Kier molecular flexibility index (Phi) is 7.88. The summed E-state index contributed by atoms with van der Waals surface area (Å²) in [6.07, 6.45) is 2.11. The number of hydrogen-bond donors (Lipinski definition) is 0. The summed E-state index contributed by atoms with van der Waals surface area (Å²) in [7, 11) is 0. The lowest BCUT2D eigenvalue weighted by Crippen LogP contribution is -1.98. The van der Waals surface area contributed by atoms with Crippen LogP contribution in [0.3, 0.4) is 0 Å². The highest BCUT2D eigenvalue weighted by Crippen LogP contribution is 2.42. The van der Waals surface area contributed by atoms with Crippen LogP contribution in [0.5, 0.6) is 0 Å². The lowest BCUT2D eigenvalue weighted by molar-refractivity contribution is 0.669. The Labute approximate surface area is 265 Å². The van der Waals surface area contributed by atoms with Crippen LogP contribution in [-0.2, 0) is 13.0 Å². The van der Waals surface area contributed by atoms with E-state index in [-0.39, 0.29) is 0 Å². The summed E-state index contributed by atoms with van der Waals surface area (Å²) in [5.41, 5.74) is 15.3. The number of hydrogen-bond acceptors (Lipinski definition) is 2. The molecule has 6 aromatic carbocycles. The van der Waals surface area contributed by atoms with Gasteiger partial charge in [-0.15, -0.1) is 0 Å². The van der Waals surface area contributed by atoms with Gasteiger partial charge < -0.3 is 4.42 Å². The van der Waals surface area contributed by atoms with Gasteiger partial charge in [0.1, 0.15) is 11.2 Å². The third-order valence-corrected chi connectivity index (χ3v) is 8.82. The number of para-hydroxylation sites is 1. The Morgan fingerprint density at radius 1 is 0.644 bits per heavy atom. The Hall–Kier alpha value is -5.21. The number of rotatable bonds is 8. The zero-order valence-electron chi connectivity index (χ0n) is 26.2. The quantitative estimate of drug-likeness (QED) is 0.163. The van der Waals surface area contributed by atoms with Gasteiger partial charge in [-0.3, -0.25) is 4.99 Å². The third kappa shape index (κ3) is 5.60. The van der Waals surface area contributed by atoms with Crippen LogP contribution in [-0.4, -0.2) is 5.71 Å². The molecule has 45 heavy (non-hydrogen) atoms. The molecule has 0 saturated heterocycles. The summed E-state index contributed by atoms with van der Waals surface area (Å²) < 4.78 is 6.25. The monoisotopic (exact) mass is 583 g/mol. The van der Waals surface area contributed by atoms with Gasteiger partial charge >= 0.3 is 0 Å². The topological polar surface area (TPSA) is 25.5 Å². The van der Waals surface area contributed by atoms with Crippen LogP contribution in [0.2, 0.25) is 0 Å². The zero-order chi connectivity index (χ0) is 30.8. The molecule has 2 heteroatoms. The van der Waals surface area contributed by atoms with Crippen LogP contribution < -0.4 is 0 Å². The molecule has 0 bridgehead atoms. The summed E-state index contributed by atoms with van der Waals surface area (Å²) in [5, 5.41) is 2.32. The highest BCUT2D eigenvalue weighted by atomic mass is 16.3. The molecule has 1 aromatic heterocycles. The maximum Gasteiger partial charge on any atom is 0.136 e. The Morgan fingerprint density at radius 3 is 2.24 bits per heavy atom. The largest absolute Gasteiger partial charge is 0.456 e. The van der Waals surface area contributed by atoms with Crippen LogP contribution in [0, 0.1) is 6.92 Å². The van der Waals surface area contributed by atoms with Crippen molar-refractivity contribution in [3.63, 3.8) is 0 Å². The fourth-order valence-electron chi connectivity index (χ4n) is 6.54. The van der Waals surface area contributed by atoms with E-state index in [1.807, 2.05) is 12.1 Å². The molecule has 0 aliphatic heterocycles. The molecule has 220 valence electrons. The van der Waals surface area contributed by atoms with E-state index in [0.717, 1.165) is 40.7 Å². The lowest BCUT2D eigenvalue weighted by atomic mass is 9.85. The van der Waals surface area contributed by atoms with Gasteiger partial charge in [0, 0.05) is 16.5 Å². The van der Waals surface area contributed by atoms with Crippen molar-refractivity contribution < 1.29 is 4.42 Å². The van der Waals surface area contributed by atoms with Crippen LogP contribution in [0.15, 0.2) is 143 Å². The van der Waals surface area contributed by atoms with Crippen LogP contribution in [0.1, 0.15) is 42.5 Å². The van der Waals surface area contributed by atoms with E-state index in [9.17, 15) is 0 Å². The molecule has 0 N–H and O–H groups in total. The molecule has 0 aliphatic carbocycles. The van der Waals surface area contributed by atoms with Crippen molar-refractivity contribution in [2.75, 3.05) is 0 Å². The van der Waals surface area contributed by atoms with E-state index >= 15 is 0 Å². The number of benzene rings is 6. The average Bonchev–Trinajstić information content (AvgIpc) is 3.47. The van der Waals surface area contributed by atoms with E-state index < -0.39 is 0 Å². The molecule has 0 atom stereocenters. The lowest BCUT2D eigenvalue weighted by Gasteiger charge is -2.19. The molecule has 0 unspecified atom stereocenters. The van der Waals surface area contributed by atoms with Gasteiger partial charge in [-0.1, -0.05) is 123 Å². The fourth-order valence-corrected chi connectivity index (χ4v) is 6.54. The fraction of sp³-hybridized carbons (Fsp3) is 0.140. The Morgan fingerprint density at radius 2 is 1.38 bits per heavy atom. The molecule has 2 nitrogen and oxygen atoms in total. The SMILES string of the molecule is CCCc1ccc(-c2cccc3oc4ccccc4c23)cc1-c1c(C)cccc1-c1cccc(C(C)=NCc2ccccc2)c1. The smallest absolute Gasteiger partial charge is 0.136 e. The van der Waals surface area contributed by atoms with Crippen LogP contribution >= 0.6 is 0 Å². The van der Waals surface area contributed by atoms with Crippen molar-refractivity contribution in [2.24, 2.45) is 4.99 Å². The average molecular weight is 584 g/mol. The highest BCUT2D eigenvalue weighted by Gasteiger charge is 2.18. The van der Waals surface area contributed by atoms with Gasteiger partial charge in [0.05, 0.1) is 6.54 Å². The van der Waals surface area contributed by atoms with Crippen molar-refractivity contribution >= 4 is 27.7 Å². The van der Waals surface area contributed by atoms with Crippen molar-refractivity contribution in [1.82, 2.24) is 0 Å². The summed E-state index contributed by atoms with van der Waals surface area (Å²) in [5.74, 6) is 0. The summed E-state index contributed by atoms with van der Waals surface area (Å²) in [6, 6.07) is 47.7. The van der Waals surface area contributed by atoms with Crippen molar-refractivity contribution in [2.45, 2.75) is 40.2 Å². The molecule has 1 heterocycles. The summed E-state index contributed by atoms with van der Waals surface area (Å²) in [4.78, 5) is 4.93.